The van der Waals surface area contributed by atoms with E-state index in [1.165, 1.54) is 42.7 Å². The first-order valence-corrected chi connectivity index (χ1v) is 3.39. The molecule has 0 aliphatic carbocycles. The fraction of sp³-hybridized carbons (Fsp3) is 0. The van der Waals surface area contributed by atoms with Crippen molar-refractivity contribution in [2.75, 3.05) is 0 Å². The average molecular weight is 166 g/mol. The predicted molar refractivity (Wildman–Crippen MR) is 49.6 cm³/mol. The normalized spacial score (nSPS) is 13.6. The summed E-state index contributed by atoms with van der Waals surface area (Å²) < 4.78 is 12.6. The summed E-state index contributed by atoms with van der Waals surface area (Å²) in [5.41, 5.74) is 5.02. The monoisotopic (exact) mass is 166 g/mol. The molecule has 64 valence electrons. The molecular formula is C9H11FN2. The van der Waals surface area contributed by atoms with Gasteiger partial charge in [0.25, 0.3) is 0 Å². The van der Waals surface area contributed by atoms with Gasteiger partial charge in [0, 0.05) is 6.21 Å². The van der Waals surface area contributed by atoms with Crippen molar-refractivity contribution in [2.24, 2.45) is 5.73 Å². The van der Waals surface area contributed by atoms with E-state index in [1.807, 2.05) is 0 Å². The molecule has 3 N–H and O–H groups in total. The minimum absolute atomic E-state index is 0.383. The summed E-state index contributed by atoms with van der Waals surface area (Å²) in [6.07, 6.45) is 10.8. The molecule has 0 radical (unpaired) electrons. The van der Waals surface area contributed by atoms with Crippen LogP contribution in [0.1, 0.15) is 0 Å². The van der Waals surface area contributed by atoms with Crippen LogP contribution in [0.15, 0.2) is 48.5 Å². The van der Waals surface area contributed by atoms with Gasteiger partial charge in [-0.1, -0.05) is 12.2 Å². The molecule has 0 spiro atoms. The van der Waals surface area contributed by atoms with E-state index in [2.05, 4.69) is 0 Å². The number of nitrogens with two attached hydrogens (primary N) is 1. The lowest BCUT2D eigenvalue weighted by atomic mass is 10.4. The molecule has 0 aromatic carbocycles. The Balaban J connectivity index is 4.01. The first-order valence-electron chi connectivity index (χ1n) is 3.39. The Morgan fingerprint density at radius 1 is 1.17 bits per heavy atom. The van der Waals surface area contributed by atoms with Crippen LogP contribution in [0, 0.1) is 5.41 Å². The van der Waals surface area contributed by atoms with Gasteiger partial charge in [0.2, 0.25) is 0 Å². The molecule has 0 fully saturated rings. The average Bonchev–Trinajstić information content (AvgIpc) is 2.06. The molecule has 0 bridgehead atoms. The summed E-state index contributed by atoms with van der Waals surface area (Å²) in [6.45, 7) is 0. The van der Waals surface area contributed by atoms with Gasteiger partial charge in [-0.25, -0.2) is 4.39 Å². The van der Waals surface area contributed by atoms with Crippen LogP contribution in [-0.4, -0.2) is 6.21 Å². The van der Waals surface area contributed by atoms with Crippen LogP contribution in [0.2, 0.25) is 0 Å². The highest BCUT2D eigenvalue weighted by molar-refractivity contribution is 5.68. The standard InChI is InChI=1S/C9H11FN2/c10-9(5-1-3-7-11)6-2-4-8-12/h1-8,11H,12H2/b3-1+,6-2+,8-4+,9-5-,11-7?. The maximum Gasteiger partial charge on any atom is 0.123 e. The van der Waals surface area contributed by atoms with Crippen LogP contribution in [0.3, 0.4) is 0 Å². The second-order valence-electron chi connectivity index (χ2n) is 1.85. The van der Waals surface area contributed by atoms with E-state index in [-0.39, 0.29) is 5.83 Å². The van der Waals surface area contributed by atoms with E-state index in [0.717, 1.165) is 6.21 Å². The van der Waals surface area contributed by atoms with E-state index in [4.69, 9.17) is 11.1 Å². The number of hydrogen-bond acceptors (Lipinski definition) is 2. The van der Waals surface area contributed by atoms with Crippen molar-refractivity contribution in [3.63, 3.8) is 0 Å². The second kappa shape index (κ2) is 7.47. The Kier molecular flexibility index (Phi) is 6.45. The van der Waals surface area contributed by atoms with Gasteiger partial charge in [-0.2, -0.15) is 0 Å². The highest BCUT2D eigenvalue weighted by Gasteiger charge is 1.80. The van der Waals surface area contributed by atoms with Gasteiger partial charge >= 0.3 is 0 Å². The van der Waals surface area contributed by atoms with Crippen LogP contribution in [0.4, 0.5) is 4.39 Å². The highest BCUT2D eigenvalue weighted by Crippen LogP contribution is 1.98. The van der Waals surface area contributed by atoms with Crippen LogP contribution in [0.25, 0.3) is 0 Å². The molecule has 0 unspecified atom stereocenters. The van der Waals surface area contributed by atoms with Gasteiger partial charge in [-0.3, -0.25) is 0 Å². The number of rotatable bonds is 4. The van der Waals surface area contributed by atoms with Crippen molar-refractivity contribution in [3.05, 3.63) is 48.5 Å². The SMILES string of the molecule is N=C/C=C/C=C(F)/C=C/C=C/N. The summed E-state index contributed by atoms with van der Waals surface area (Å²) in [4.78, 5) is 0. The third-order valence-electron chi connectivity index (χ3n) is 0.940. The number of allylic oxidation sites excluding steroid dienone is 7. The Bertz CT molecular complexity index is 237. The zero-order valence-corrected chi connectivity index (χ0v) is 6.57. The molecule has 0 amide bonds. The first-order chi connectivity index (χ1) is 5.81. The largest absolute Gasteiger partial charge is 0.405 e. The molecule has 0 rings (SSSR count). The topological polar surface area (TPSA) is 49.9 Å². The van der Waals surface area contributed by atoms with Crippen molar-refractivity contribution in [2.45, 2.75) is 0 Å². The van der Waals surface area contributed by atoms with Crippen LogP contribution in [0.5, 0.6) is 0 Å². The Hall–Kier alpha value is -1.64. The molecule has 0 saturated carbocycles. The summed E-state index contributed by atoms with van der Waals surface area (Å²) in [5, 5.41) is 6.61. The molecule has 0 saturated heterocycles. The van der Waals surface area contributed by atoms with Gasteiger partial charge in [0.05, 0.1) is 0 Å². The molecule has 0 atom stereocenters. The van der Waals surface area contributed by atoms with E-state index in [0.29, 0.717) is 0 Å². The van der Waals surface area contributed by atoms with Gasteiger partial charge in [-0.15, -0.1) is 0 Å². The Morgan fingerprint density at radius 2 is 1.92 bits per heavy atom. The molecule has 0 aromatic rings. The highest BCUT2D eigenvalue weighted by atomic mass is 19.1. The smallest absolute Gasteiger partial charge is 0.123 e. The van der Waals surface area contributed by atoms with E-state index >= 15 is 0 Å². The number of hydrogen-bond donors (Lipinski definition) is 2. The fourth-order valence-electron chi connectivity index (χ4n) is 0.470. The van der Waals surface area contributed by atoms with Crippen molar-refractivity contribution in [3.8, 4) is 0 Å². The quantitative estimate of drug-likeness (QED) is 0.487. The summed E-state index contributed by atoms with van der Waals surface area (Å²) in [5.74, 6) is -0.383. The van der Waals surface area contributed by atoms with Crippen molar-refractivity contribution >= 4 is 6.21 Å². The fourth-order valence-corrected chi connectivity index (χ4v) is 0.470. The number of halogens is 1. The lowest BCUT2D eigenvalue weighted by Gasteiger charge is -1.80. The number of nitrogens with one attached hydrogen (secondary N) is 1. The van der Waals surface area contributed by atoms with E-state index in [9.17, 15) is 4.39 Å². The molecule has 0 aromatic heterocycles. The van der Waals surface area contributed by atoms with Gasteiger partial charge in [0.1, 0.15) is 5.83 Å². The zero-order valence-electron chi connectivity index (χ0n) is 6.57. The van der Waals surface area contributed by atoms with Crippen LogP contribution in [-0.2, 0) is 0 Å². The Labute approximate surface area is 71.1 Å². The van der Waals surface area contributed by atoms with Gasteiger partial charge in [-0.05, 0) is 30.5 Å². The summed E-state index contributed by atoms with van der Waals surface area (Å²) in [7, 11) is 0. The lowest BCUT2D eigenvalue weighted by molar-refractivity contribution is 0.667. The third-order valence-corrected chi connectivity index (χ3v) is 0.940. The predicted octanol–water partition coefficient (Wildman–Crippen LogP) is 2.07. The summed E-state index contributed by atoms with van der Waals surface area (Å²) >= 11 is 0. The van der Waals surface area contributed by atoms with Crippen molar-refractivity contribution in [1.82, 2.24) is 0 Å². The molecule has 0 heterocycles. The van der Waals surface area contributed by atoms with E-state index in [1.54, 1.807) is 0 Å². The molecule has 12 heavy (non-hydrogen) atoms. The molecule has 0 aliphatic heterocycles. The lowest BCUT2D eigenvalue weighted by Crippen LogP contribution is -1.72. The third kappa shape index (κ3) is 6.48. The molecule has 2 nitrogen and oxygen atoms in total. The summed E-state index contributed by atoms with van der Waals surface area (Å²) in [6, 6.07) is 0. The van der Waals surface area contributed by atoms with Crippen molar-refractivity contribution in [1.29, 1.82) is 5.41 Å². The Morgan fingerprint density at radius 3 is 2.50 bits per heavy atom. The zero-order chi connectivity index (χ0) is 9.23. The molecular weight excluding hydrogens is 155 g/mol. The minimum Gasteiger partial charge on any atom is -0.405 e. The van der Waals surface area contributed by atoms with Crippen molar-refractivity contribution < 1.29 is 4.39 Å². The van der Waals surface area contributed by atoms with Crippen LogP contribution >= 0.6 is 0 Å². The minimum atomic E-state index is -0.383. The maximum absolute atomic E-state index is 12.6. The van der Waals surface area contributed by atoms with E-state index < -0.39 is 0 Å². The van der Waals surface area contributed by atoms with Gasteiger partial charge < -0.3 is 11.1 Å². The first kappa shape index (κ1) is 10.4. The maximum atomic E-state index is 12.6. The van der Waals surface area contributed by atoms with Gasteiger partial charge in [0.15, 0.2) is 0 Å². The second-order valence-corrected chi connectivity index (χ2v) is 1.85. The molecule has 3 heteroatoms. The van der Waals surface area contributed by atoms with Crippen LogP contribution < -0.4 is 5.73 Å². The molecule has 0 aliphatic rings.